The van der Waals surface area contributed by atoms with Gasteiger partial charge in [-0.2, -0.15) is 4.98 Å². The van der Waals surface area contributed by atoms with Gasteiger partial charge < -0.3 is 15.4 Å². The van der Waals surface area contributed by atoms with Gasteiger partial charge in [0.2, 0.25) is 5.95 Å². The van der Waals surface area contributed by atoms with Crippen molar-refractivity contribution in [3.05, 3.63) is 11.2 Å². The summed E-state index contributed by atoms with van der Waals surface area (Å²) < 4.78 is 5.77. The summed E-state index contributed by atoms with van der Waals surface area (Å²) in [5.74, 6) is 1.89. The molecule has 1 saturated heterocycles. The molecule has 5 nitrogen and oxygen atoms in total. The van der Waals surface area contributed by atoms with E-state index < -0.39 is 0 Å². The van der Waals surface area contributed by atoms with Gasteiger partial charge in [-0.1, -0.05) is 11.6 Å². The van der Waals surface area contributed by atoms with E-state index in [2.05, 4.69) is 20.6 Å². The van der Waals surface area contributed by atoms with Gasteiger partial charge in [0.05, 0.1) is 12.3 Å². The largest absolute Gasteiger partial charge is 0.378 e. The van der Waals surface area contributed by atoms with Crippen molar-refractivity contribution in [2.45, 2.75) is 37.8 Å². The first-order valence-electron chi connectivity index (χ1n) is 6.86. The molecule has 19 heavy (non-hydrogen) atoms. The molecule has 3 rings (SSSR count). The molecule has 3 unspecified atom stereocenters. The van der Waals surface area contributed by atoms with E-state index in [-0.39, 0.29) is 0 Å². The van der Waals surface area contributed by atoms with E-state index >= 15 is 0 Å². The van der Waals surface area contributed by atoms with E-state index in [9.17, 15) is 0 Å². The van der Waals surface area contributed by atoms with Gasteiger partial charge in [-0.05, 0) is 25.7 Å². The number of rotatable bonds is 3. The van der Waals surface area contributed by atoms with Crippen molar-refractivity contribution in [3.63, 3.8) is 0 Å². The summed E-state index contributed by atoms with van der Waals surface area (Å²) in [4.78, 5) is 8.65. The summed E-state index contributed by atoms with van der Waals surface area (Å²) in [6, 6.07) is 0.409. The number of nitrogens with one attached hydrogen (secondary N) is 2. The van der Waals surface area contributed by atoms with Crippen LogP contribution < -0.4 is 10.6 Å². The molecule has 0 radical (unpaired) electrons. The van der Waals surface area contributed by atoms with E-state index in [1.54, 1.807) is 13.2 Å². The van der Waals surface area contributed by atoms with Crippen LogP contribution >= 0.6 is 11.6 Å². The summed E-state index contributed by atoms with van der Waals surface area (Å²) in [6.07, 6.45) is 6.73. The van der Waals surface area contributed by atoms with Crippen molar-refractivity contribution >= 4 is 23.4 Å². The highest BCUT2D eigenvalue weighted by molar-refractivity contribution is 6.32. The summed E-state index contributed by atoms with van der Waals surface area (Å²) >= 11 is 5.99. The molecule has 1 aliphatic heterocycles. The highest BCUT2D eigenvalue weighted by Crippen LogP contribution is 2.35. The zero-order valence-electron chi connectivity index (χ0n) is 11.0. The summed E-state index contributed by atoms with van der Waals surface area (Å²) in [5, 5.41) is 6.97. The van der Waals surface area contributed by atoms with Gasteiger partial charge in [-0.3, -0.25) is 0 Å². The molecule has 2 heterocycles. The van der Waals surface area contributed by atoms with Gasteiger partial charge in [-0.25, -0.2) is 4.98 Å². The molecule has 2 aliphatic rings. The minimum absolute atomic E-state index is 0.409. The predicted octanol–water partition coefficient (Wildman–Crippen LogP) is 2.54. The summed E-state index contributed by atoms with van der Waals surface area (Å²) in [5.41, 5.74) is 0. The van der Waals surface area contributed by atoms with E-state index in [0.717, 1.165) is 19.4 Å². The maximum absolute atomic E-state index is 5.99. The van der Waals surface area contributed by atoms with Crippen LogP contribution in [0, 0.1) is 5.92 Å². The lowest BCUT2D eigenvalue weighted by molar-refractivity contribution is 0.0619. The SMILES string of the molecule is CNc1nc(NC2CCCC3OCCC23)ncc1Cl. The maximum atomic E-state index is 5.99. The Kier molecular flexibility index (Phi) is 3.75. The normalized spacial score (nSPS) is 29.9. The topological polar surface area (TPSA) is 59.1 Å². The standard InChI is InChI=1S/C13H19ClN4O/c1-15-12-9(14)7-16-13(18-12)17-10-3-2-4-11-8(10)5-6-19-11/h7-8,10-11H,2-6H2,1H3,(H2,15,16,17,18). The van der Waals surface area contributed by atoms with Crippen LogP contribution in [0.2, 0.25) is 5.02 Å². The van der Waals surface area contributed by atoms with E-state index in [1.165, 1.54) is 12.8 Å². The summed E-state index contributed by atoms with van der Waals surface area (Å²) in [6.45, 7) is 0.886. The lowest BCUT2D eigenvalue weighted by Crippen LogP contribution is -2.38. The first-order valence-corrected chi connectivity index (χ1v) is 7.24. The van der Waals surface area contributed by atoms with Crippen molar-refractivity contribution in [3.8, 4) is 0 Å². The van der Waals surface area contributed by atoms with Crippen LogP contribution in [0.3, 0.4) is 0 Å². The lowest BCUT2D eigenvalue weighted by Gasteiger charge is -2.33. The minimum Gasteiger partial charge on any atom is -0.378 e. The van der Waals surface area contributed by atoms with Crippen LogP contribution in [0.25, 0.3) is 0 Å². The summed E-state index contributed by atoms with van der Waals surface area (Å²) in [7, 11) is 1.81. The highest BCUT2D eigenvalue weighted by Gasteiger charge is 2.37. The predicted molar refractivity (Wildman–Crippen MR) is 75.7 cm³/mol. The van der Waals surface area contributed by atoms with Crippen LogP contribution in [0.1, 0.15) is 25.7 Å². The second-order valence-corrected chi connectivity index (χ2v) is 5.59. The number of nitrogens with zero attached hydrogens (tertiary/aromatic N) is 2. The molecule has 2 fully saturated rings. The monoisotopic (exact) mass is 282 g/mol. The zero-order valence-corrected chi connectivity index (χ0v) is 11.8. The van der Waals surface area contributed by atoms with Gasteiger partial charge in [-0.15, -0.1) is 0 Å². The Morgan fingerprint density at radius 3 is 3.11 bits per heavy atom. The smallest absolute Gasteiger partial charge is 0.224 e. The molecule has 6 heteroatoms. The number of anilines is 2. The Bertz CT molecular complexity index is 456. The average molecular weight is 283 g/mol. The molecular formula is C13H19ClN4O. The van der Waals surface area contributed by atoms with Crippen molar-refractivity contribution < 1.29 is 4.74 Å². The molecule has 1 aromatic heterocycles. The molecule has 0 amide bonds. The third kappa shape index (κ3) is 2.62. The van der Waals surface area contributed by atoms with Crippen molar-refractivity contribution in [1.29, 1.82) is 0 Å². The Morgan fingerprint density at radius 1 is 1.37 bits per heavy atom. The van der Waals surface area contributed by atoms with Crippen molar-refractivity contribution in [2.75, 3.05) is 24.3 Å². The second kappa shape index (κ2) is 5.51. The van der Waals surface area contributed by atoms with Crippen LogP contribution in [0.5, 0.6) is 0 Å². The molecule has 1 aliphatic carbocycles. The molecule has 2 N–H and O–H groups in total. The fraction of sp³-hybridized carbons (Fsp3) is 0.692. The number of hydrogen-bond donors (Lipinski definition) is 2. The van der Waals surface area contributed by atoms with Gasteiger partial charge in [0, 0.05) is 25.6 Å². The number of halogens is 1. The first-order chi connectivity index (χ1) is 9.28. The highest BCUT2D eigenvalue weighted by atomic mass is 35.5. The molecule has 0 aromatic carbocycles. The molecule has 1 aromatic rings. The Labute approximate surface area is 118 Å². The Morgan fingerprint density at radius 2 is 2.26 bits per heavy atom. The van der Waals surface area contributed by atoms with E-state index in [4.69, 9.17) is 16.3 Å². The maximum Gasteiger partial charge on any atom is 0.224 e. The van der Waals surface area contributed by atoms with Crippen LogP contribution in [-0.2, 0) is 4.74 Å². The van der Waals surface area contributed by atoms with Gasteiger partial charge in [0.25, 0.3) is 0 Å². The van der Waals surface area contributed by atoms with Crippen molar-refractivity contribution in [1.82, 2.24) is 9.97 Å². The fourth-order valence-corrected chi connectivity index (χ4v) is 3.32. The molecule has 1 saturated carbocycles. The first kappa shape index (κ1) is 12.9. The zero-order chi connectivity index (χ0) is 13.2. The number of aromatic nitrogens is 2. The Hall–Kier alpha value is -1.07. The molecule has 0 spiro atoms. The molecule has 104 valence electrons. The van der Waals surface area contributed by atoms with Gasteiger partial charge >= 0.3 is 0 Å². The van der Waals surface area contributed by atoms with E-state index in [1.807, 2.05) is 0 Å². The number of fused-ring (bicyclic) bond motifs is 1. The van der Waals surface area contributed by atoms with Crippen LogP contribution in [-0.4, -0.2) is 35.8 Å². The fourth-order valence-electron chi connectivity index (χ4n) is 3.13. The Balaban J connectivity index is 1.73. The van der Waals surface area contributed by atoms with Gasteiger partial charge in [0.15, 0.2) is 0 Å². The van der Waals surface area contributed by atoms with E-state index in [0.29, 0.717) is 34.9 Å². The quantitative estimate of drug-likeness (QED) is 0.892. The number of hydrogen-bond acceptors (Lipinski definition) is 5. The molecule has 3 atom stereocenters. The third-order valence-electron chi connectivity index (χ3n) is 4.08. The van der Waals surface area contributed by atoms with Crippen molar-refractivity contribution in [2.24, 2.45) is 5.92 Å². The second-order valence-electron chi connectivity index (χ2n) is 5.18. The minimum atomic E-state index is 0.409. The third-order valence-corrected chi connectivity index (χ3v) is 4.35. The number of ether oxygens (including phenoxy) is 1. The molecule has 0 bridgehead atoms. The van der Waals surface area contributed by atoms with Crippen LogP contribution in [0.15, 0.2) is 6.20 Å². The average Bonchev–Trinajstić information content (AvgIpc) is 2.90. The van der Waals surface area contributed by atoms with Gasteiger partial charge in [0.1, 0.15) is 10.8 Å². The van der Waals surface area contributed by atoms with Crippen LogP contribution in [0.4, 0.5) is 11.8 Å². The molecular weight excluding hydrogens is 264 g/mol. The lowest BCUT2D eigenvalue weighted by atomic mass is 9.82.